The molecule has 1 unspecified atom stereocenters. The second kappa shape index (κ2) is 10.2. The minimum atomic E-state index is -0.419. The maximum Gasteiger partial charge on any atom is 0.248 e. The summed E-state index contributed by atoms with van der Waals surface area (Å²) in [6.45, 7) is 5.77. The lowest BCUT2D eigenvalue weighted by atomic mass is 9.99. The van der Waals surface area contributed by atoms with Crippen LogP contribution < -0.4 is 16.4 Å². The van der Waals surface area contributed by atoms with E-state index in [2.05, 4.69) is 28.9 Å². The second-order valence-corrected chi connectivity index (χ2v) is 8.04. The fraction of sp³-hybridized carbons (Fsp3) is 0.417. The average molecular weight is 406 g/mol. The molecule has 1 saturated heterocycles. The van der Waals surface area contributed by atoms with E-state index < -0.39 is 5.91 Å². The molecule has 1 aliphatic rings. The number of primary amides is 1. The molecule has 0 bridgehead atoms. The summed E-state index contributed by atoms with van der Waals surface area (Å²) >= 11 is 0. The van der Waals surface area contributed by atoms with Crippen LogP contribution in [-0.2, 0) is 6.54 Å². The van der Waals surface area contributed by atoms with Gasteiger partial charge in [-0.25, -0.2) is 0 Å². The van der Waals surface area contributed by atoms with Crippen LogP contribution in [0.5, 0.6) is 0 Å². The van der Waals surface area contributed by atoms with Crippen molar-refractivity contribution in [3.05, 3.63) is 65.2 Å². The molecule has 0 aromatic heterocycles. The second-order valence-electron chi connectivity index (χ2n) is 8.04. The average Bonchev–Trinajstić information content (AvgIpc) is 2.78. The molecule has 1 amide bonds. The van der Waals surface area contributed by atoms with Crippen LogP contribution >= 0.6 is 0 Å². The molecule has 6 nitrogen and oxygen atoms in total. The molecule has 1 atom stereocenters. The van der Waals surface area contributed by atoms with E-state index in [-0.39, 0.29) is 0 Å². The van der Waals surface area contributed by atoms with Gasteiger partial charge in [-0.05, 0) is 74.7 Å². The smallest absolute Gasteiger partial charge is 0.248 e. The van der Waals surface area contributed by atoms with E-state index in [4.69, 9.17) is 11.5 Å². The molecule has 1 aliphatic heterocycles. The largest absolute Gasteiger partial charge is 0.366 e. The van der Waals surface area contributed by atoms with Crippen molar-refractivity contribution < 1.29 is 4.79 Å². The Morgan fingerprint density at radius 3 is 2.53 bits per heavy atom. The third-order valence-electron chi connectivity index (χ3n) is 6.04. The van der Waals surface area contributed by atoms with E-state index >= 15 is 0 Å². The number of nitrogens with two attached hydrogens (primary N) is 2. The third-order valence-corrected chi connectivity index (χ3v) is 6.04. The number of hydrogen-bond donors (Lipinski definition) is 2. The van der Waals surface area contributed by atoms with Crippen molar-refractivity contribution in [3.63, 3.8) is 0 Å². The highest BCUT2D eigenvalue weighted by Crippen LogP contribution is 2.27. The van der Waals surface area contributed by atoms with Crippen LogP contribution in [0.25, 0.3) is 0 Å². The highest BCUT2D eigenvalue weighted by molar-refractivity contribution is 5.93. The Morgan fingerprint density at radius 2 is 1.93 bits per heavy atom. The molecule has 0 saturated carbocycles. The Balaban J connectivity index is 1.81. The van der Waals surface area contributed by atoms with E-state index in [1.54, 1.807) is 12.1 Å². The van der Waals surface area contributed by atoms with Crippen molar-refractivity contribution in [2.75, 3.05) is 24.5 Å². The molecule has 30 heavy (non-hydrogen) atoms. The lowest BCUT2D eigenvalue weighted by molar-refractivity contribution is 0.100. The molecular formula is C24H31N5O. The van der Waals surface area contributed by atoms with Gasteiger partial charge in [0.2, 0.25) is 5.91 Å². The monoisotopic (exact) mass is 405 g/mol. The Kier molecular flexibility index (Phi) is 7.45. The van der Waals surface area contributed by atoms with Gasteiger partial charge in [0.15, 0.2) is 0 Å². The fourth-order valence-corrected chi connectivity index (χ4v) is 4.25. The predicted molar refractivity (Wildman–Crippen MR) is 120 cm³/mol. The van der Waals surface area contributed by atoms with Crippen LogP contribution in [0.1, 0.15) is 47.7 Å². The Hall–Kier alpha value is -2.88. The van der Waals surface area contributed by atoms with Crippen LogP contribution in [0.2, 0.25) is 0 Å². The van der Waals surface area contributed by atoms with E-state index in [0.717, 1.165) is 43.6 Å². The topological polar surface area (TPSA) is 99.4 Å². The van der Waals surface area contributed by atoms with Crippen molar-refractivity contribution in [1.29, 1.82) is 5.26 Å². The number of amides is 1. The zero-order valence-corrected chi connectivity index (χ0v) is 17.6. The van der Waals surface area contributed by atoms with Crippen molar-refractivity contribution in [2.45, 2.75) is 44.8 Å². The molecule has 3 rings (SSSR count). The van der Waals surface area contributed by atoms with E-state index in [1.165, 1.54) is 0 Å². The highest BCUT2D eigenvalue weighted by Gasteiger charge is 2.27. The lowest BCUT2D eigenvalue weighted by Gasteiger charge is -2.42. The number of benzene rings is 2. The van der Waals surface area contributed by atoms with Gasteiger partial charge in [-0.2, -0.15) is 5.26 Å². The van der Waals surface area contributed by atoms with Crippen molar-refractivity contribution in [1.82, 2.24) is 4.90 Å². The summed E-state index contributed by atoms with van der Waals surface area (Å²) in [5, 5.41) is 9.25. The first-order valence-electron chi connectivity index (χ1n) is 10.6. The molecule has 1 fully saturated rings. The summed E-state index contributed by atoms with van der Waals surface area (Å²) < 4.78 is 0. The molecule has 0 aliphatic carbocycles. The number of carbonyl (C=O) groups is 1. The minimum absolute atomic E-state index is 0.386. The van der Waals surface area contributed by atoms with Crippen LogP contribution in [-0.4, -0.2) is 42.5 Å². The van der Waals surface area contributed by atoms with Gasteiger partial charge in [0.25, 0.3) is 0 Å². The van der Waals surface area contributed by atoms with Gasteiger partial charge < -0.3 is 21.3 Å². The minimum Gasteiger partial charge on any atom is -0.366 e. The molecular weight excluding hydrogens is 374 g/mol. The normalized spacial score (nSPS) is 16.0. The predicted octanol–water partition coefficient (Wildman–Crippen LogP) is 2.87. The quantitative estimate of drug-likeness (QED) is 0.703. The molecule has 2 aromatic rings. The maximum atomic E-state index is 11.5. The summed E-state index contributed by atoms with van der Waals surface area (Å²) in [6.07, 6.45) is 3.14. The number of likely N-dealkylation sites (tertiary alicyclic amines) is 1. The van der Waals surface area contributed by atoms with Crippen LogP contribution in [0.4, 0.5) is 5.69 Å². The van der Waals surface area contributed by atoms with Crippen molar-refractivity contribution in [3.8, 4) is 6.07 Å². The summed E-state index contributed by atoms with van der Waals surface area (Å²) in [5.41, 5.74) is 14.5. The van der Waals surface area contributed by atoms with E-state index in [9.17, 15) is 10.1 Å². The molecule has 158 valence electrons. The highest BCUT2D eigenvalue weighted by atomic mass is 16.1. The van der Waals surface area contributed by atoms with Gasteiger partial charge in [0, 0.05) is 43.0 Å². The van der Waals surface area contributed by atoms with Gasteiger partial charge in [0.1, 0.15) is 0 Å². The summed E-state index contributed by atoms with van der Waals surface area (Å²) in [6, 6.07) is 18.4. The zero-order valence-electron chi connectivity index (χ0n) is 17.6. The lowest BCUT2D eigenvalue weighted by Crippen LogP contribution is -2.47. The molecule has 1 heterocycles. The summed E-state index contributed by atoms with van der Waals surface area (Å²) in [5.74, 6) is -0.419. The number of nitriles is 1. The van der Waals surface area contributed by atoms with Crippen molar-refractivity contribution in [2.24, 2.45) is 11.5 Å². The zero-order chi connectivity index (χ0) is 21.5. The number of piperidine rings is 1. The first-order chi connectivity index (χ1) is 14.5. The fourth-order valence-electron chi connectivity index (χ4n) is 4.25. The van der Waals surface area contributed by atoms with E-state index in [1.807, 2.05) is 30.3 Å². The Labute approximate surface area is 179 Å². The molecule has 4 N–H and O–H groups in total. The van der Waals surface area contributed by atoms with E-state index in [0.29, 0.717) is 36.3 Å². The number of anilines is 1. The van der Waals surface area contributed by atoms with Crippen LogP contribution in [0.15, 0.2) is 48.5 Å². The number of rotatable bonds is 8. The number of nitrogens with zero attached hydrogens (tertiary/aromatic N) is 3. The first kappa shape index (κ1) is 21.8. The van der Waals surface area contributed by atoms with Gasteiger partial charge in [-0.1, -0.05) is 12.1 Å². The first-order valence-corrected chi connectivity index (χ1v) is 10.6. The summed E-state index contributed by atoms with van der Waals surface area (Å²) in [7, 11) is 0. The third kappa shape index (κ3) is 5.38. The number of hydrogen-bond acceptors (Lipinski definition) is 5. The van der Waals surface area contributed by atoms with Crippen LogP contribution in [0, 0.1) is 11.3 Å². The summed E-state index contributed by atoms with van der Waals surface area (Å²) in [4.78, 5) is 16.4. The Morgan fingerprint density at radius 1 is 1.23 bits per heavy atom. The van der Waals surface area contributed by atoms with Gasteiger partial charge >= 0.3 is 0 Å². The van der Waals surface area contributed by atoms with Crippen molar-refractivity contribution >= 4 is 11.6 Å². The standard InChI is InChI=1S/C24H31N5O/c1-18(9-12-25)28-13-10-23(11-14-28)29(17-20-4-2-3-19(15-20)16-26)22-7-5-21(6-8-22)24(27)30/h2-8,15,18,23H,9-14,17,25H2,1H3,(H2,27,30). The van der Waals surface area contributed by atoms with Crippen LogP contribution in [0.3, 0.4) is 0 Å². The van der Waals surface area contributed by atoms with Gasteiger partial charge in [0.05, 0.1) is 11.6 Å². The SMILES string of the molecule is CC(CCN)N1CCC(N(Cc2cccc(C#N)c2)c2ccc(C(N)=O)cc2)CC1. The molecule has 0 radical (unpaired) electrons. The molecule has 0 spiro atoms. The maximum absolute atomic E-state index is 11.5. The molecule has 6 heteroatoms. The Bertz CT molecular complexity index is 881. The van der Waals surface area contributed by atoms with Gasteiger partial charge in [-0.15, -0.1) is 0 Å². The molecule has 2 aromatic carbocycles. The number of carbonyl (C=O) groups excluding carboxylic acids is 1. The van der Waals surface area contributed by atoms with Gasteiger partial charge in [-0.3, -0.25) is 4.79 Å².